The van der Waals surface area contributed by atoms with Crippen molar-refractivity contribution in [2.45, 2.75) is 19.4 Å². The molecule has 160 valence electrons. The minimum Gasteiger partial charge on any atom is -0.456 e. The van der Waals surface area contributed by atoms with Gasteiger partial charge in [-0.1, -0.05) is 6.07 Å². The Bertz CT molecular complexity index is 1260. The smallest absolute Gasteiger partial charge is 0.340 e. The molecule has 3 aromatic rings. The first kappa shape index (κ1) is 19.6. The molecule has 0 aromatic heterocycles. The summed E-state index contributed by atoms with van der Waals surface area (Å²) in [5.74, 6) is -0.301. The van der Waals surface area contributed by atoms with Crippen molar-refractivity contribution >= 4 is 23.6 Å². The topological polar surface area (TPSA) is 114 Å². The van der Waals surface area contributed by atoms with Crippen LogP contribution in [0.1, 0.15) is 40.9 Å². The molecule has 0 saturated heterocycles. The predicted octanol–water partition coefficient (Wildman–Crippen LogP) is 3.69. The van der Waals surface area contributed by atoms with Crippen molar-refractivity contribution in [1.82, 2.24) is 0 Å². The van der Waals surface area contributed by atoms with Gasteiger partial charge in [-0.2, -0.15) is 0 Å². The Morgan fingerprint density at radius 2 is 1.34 bits per heavy atom. The summed E-state index contributed by atoms with van der Waals surface area (Å²) in [6.45, 7) is 2.59. The number of nitrogens with two attached hydrogens (primary N) is 1. The zero-order chi connectivity index (χ0) is 22.6. The van der Waals surface area contributed by atoms with E-state index in [1.807, 2.05) is 0 Å². The van der Waals surface area contributed by atoms with Crippen LogP contribution in [0.3, 0.4) is 0 Å². The van der Waals surface area contributed by atoms with E-state index in [9.17, 15) is 14.4 Å². The quantitative estimate of drug-likeness (QED) is 0.371. The lowest BCUT2D eigenvalue weighted by molar-refractivity contribution is -0.132. The van der Waals surface area contributed by atoms with E-state index in [0.29, 0.717) is 39.4 Å². The lowest BCUT2D eigenvalue weighted by Gasteiger charge is -2.36. The number of hydrogen-bond donors (Lipinski definition) is 1. The molecule has 2 heterocycles. The van der Waals surface area contributed by atoms with Crippen LogP contribution < -0.4 is 19.9 Å². The van der Waals surface area contributed by atoms with Crippen LogP contribution in [0, 0.1) is 0 Å². The highest BCUT2D eigenvalue weighted by molar-refractivity contribution is 5.98. The van der Waals surface area contributed by atoms with Crippen molar-refractivity contribution in [3.63, 3.8) is 0 Å². The number of hydrogen-bond acceptors (Lipinski definition) is 8. The number of carbonyl (C=O) groups excluding carboxylic acids is 3. The SMILES string of the molecule is CC(=O)Oc1ccc2c(c1)Oc1cc(OC(C)=O)ccc1C21OC(=O)c2cc(N)ccc21. The molecule has 8 heteroatoms. The van der Waals surface area contributed by atoms with Gasteiger partial charge >= 0.3 is 17.9 Å². The minimum absolute atomic E-state index is 0.271. The maximum Gasteiger partial charge on any atom is 0.340 e. The molecule has 0 atom stereocenters. The molecule has 0 radical (unpaired) electrons. The molecule has 32 heavy (non-hydrogen) atoms. The molecule has 1 spiro atoms. The van der Waals surface area contributed by atoms with Crippen LogP contribution >= 0.6 is 0 Å². The molecule has 0 amide bonds. The van der Waals surface area contributed by atoms with E-state index >= 15 is 0 Å². The predicted molar refractivity (Wildman–Crippen MR) is 112 cm³/mol. The van der Waals surface area contributed by atoms with Crippen molar-refractivity contribution in [3.8, 4) is 23.0 Å². The Kier molecular flexibility index (Phi) is 4.20. The van der Waals surface area contributed by atoms with Gasteiger partial charge in [-0.15, -0.1) is 0 Å². The Morgan fingerprint density at radius 3 is 1.88 bits per heavy atom. The van der Waals surface area contributed by atoms with E-state index in [0.717, 1.165) is 0 Å². The molecule has 0 bridgehead atoms. The van der Waals surface area contributed by atoms with Gasteiger partial charge in [0.1, 0.15) is 23.0 Å². The van der Waals surface area contributed by atoms with Crippen LogP contribution in [0.15, 0.2) is 54.6 Å². The lowest BCUT2D eigenvalue weighted by Crippen LogP contribution is -2.33. The molecule has 2 aliphatic rings. The van der Waals surface area contributed by atoms with Crippen LogP contribution in [-0.4, -0.2) is 17.9 Å². The second kappa shape index (κ2) is 6.84. The number of fused-ring (bicyclic) bond motifs is 6. The second-order valence-corrected chi connectivity index (χ2v) is 7.48. The average Bonchev–Trinajstić information content (AvgIpc) is 2.99. The summed E-state index contributed by atoms with van der Waals surface area (Å²) in [6.07, 6.45) is 0. The summed E-state index contributed by atoms with van der Waals surface area (Å²) in [4.78, 5) is 35.7. The lowest BCUT2D eigenvalue weighted by atomic mass is 9.77. The number of carbonyl (C=O) groups is 3. The third kappa shape index (κ3) is 2.88. The van der Waals surface area contributed by atoms with Crippen molar-refractivity contribution in [2.75, 3.05) is 5.73 Å². The number of benzene rings is 3. The summed E-state index contributed by atoms with van der Waals surface area (Å²) in [5.41, 5.74) is 7.07. The molecular weight excluding hydrogens is 414 g/mol. The van der Waals surface area contributed by atoms with Crippen molar-refractivity contribution in [1.29, 1.82) is 0 Å². The van der Waals surface area contributed by atoms with E-state index in [2.05, 4.69) is 0 Å². The van der Waals surface area contributed by atoms with Gasteiger partial charge in [0.05, 0.1) is 5.56 Å². The highest BCUT2D eigenvalue weighted by Crippen LogP contribution is 2.57. The molecule has 8 nitrogen and oxygen atoms in total. The van der Waals surface area contributed by atoms with Gasteiger partial charge in [-0.05, 0) is 36.4 Å². The van der Waals surface area contributed by atoms with E-state index in [1.54, 1.807) is 54.6 Å². The van der Waals surface area contributed by atoms with Gasteiger partial charge in [0.15, 0.2) is 5.60 Å². The molecule has 3 aromatic carbocycles. The Labute approximate surface area is 182 Å². The fourth-order valence-electron chi connectivity index (χ4n) is 4.17. The second-order valence-electron chi connectivity index (χ2n) is 7.48. The van der Waals surface area contributed by atoms with Crippen LogP contribution in [0.25, 0.3) is 0 Å². The Hall–Kier alpha value is -4.33. The molecular formula is C24H17NO7. The van der Waals surface area contributed by atoms with Gasteiger partial charge in [0, 0.05) is 48.4 Å². The Balaban J connectivity index is 1.77. The number of nitrogen functional groups attached to an aromatic ring is 1. The van der Waals surface area contributed by atoms with E-state index in [1.165, 1.54) is 13.8 Å². The van der Waals surface area contributed by atoms with Gasteiger partial charge in [-0.25, -0.2) is 4.79 Å². The molecule has 2 aliphatic heterocycles. The number of anilines is 1. The third-order valence-corrected chi connectivity index (χ3v) is 5.30. The van der Waals surface area contributed by atoms with E-state index in [-0.39, 0.29) is 11.5 Å². The summed E-state index contributed by atoms with van der Waals surface area (Å²) >= 11 is 0. The van der Waals surface area contributed by atoms with E-state index < -0.39 is 23.5 Å². The minimum atomic E-state index is -1.31. The average molecular weight is 431 g/mol. The standard InChI is InChI=1S/C24H17NO7/c1-12(26)29-15-4-7-19-21(10-15)31-22-11-16(30-13(2)27)5-8-20(22)24(19)18-6-3-14(25)9-17(18)23(28)32-24/h3-11H,25H2,1-2H3. The van der Waals surface area contributed by atoms with Gasteiger partial charge < -0.3 is 24.7 Å². The van der Waals surface area contributed by atoms with Gasteiger partial charge in [-0.3, -0.25) is 9.59 Å². The molecule has 0 fully saturated rings. The largest absolute Gasteiger partial charge is 0.456 e. The fraction of sp³-hybridized carbons (Fsp3) is 0.125. The van der Waals surface area contributed by atoms with Crippen LogP contribution in [0.4, 0.5) is 5.69 Å². The van der Waals surface area contributed by atoms with Crippen molar-refractivity contribution < 1.29 is 33.3 Å². The first-order valence-corrected chi connectivity index (χ1v) is 9.75. The molecule has 0 unspecified atom stereocenters. The highest BCUT2D eigenvalue weighted by Gasteiger charge is 2.53. The maximum absolute atomic E-state index is 12.9. The van der Waals surface area contributed by atoms with Gasteiger partial charge in [0.2, 0.25) is 0 Å². The zero-order valence-corrected chi connectivity index (χ0v) is 17.1. The normalized spacial score (nSPS) is 14.5. The van der Waals surface area contributed by atoms with E-state index in [4.69, 9.17) is 24.7 Å². The zero-order valence-electron chi connectivity index (χ0n) is 17.1. The fourth-order valence-corrected chi connectivity index (χ4v) is 4.17. The third-order valence-electron chi connectivity index (χ3n) is 5.30. The molecule has 5 rings (SSSR count). The highest BCUT2D eigenvalue weighted by atomic mass is 16.6. The summed E-state index contributed by atoms with van der Waals surface area (Å²) in [7, 11) is 0. The number of rotatable bonds is 2. The monoisotopic (exact) mass is 431 g/mol. The number of esters is 3. The maximum atomic E-state index is 12.9. The van der Waals surface area contributed by atoms with Crippen molar-refractivity contribution in [2.24, 2.45) is 0 Å². The van der Waals surface area contributed by atoms with Crippen LogP contribution in [0.5, 0.6) is 23.0 Å². The molecule has 0 saturated carbocycles. The van der Waals surface area contributed by atoms with Crippen LogP contribution in [0.2, 0.25) is 0 Å². The first-order valence-electron chi connectivity index (χ1n) is 9.75. The number of ether oxygens (including phenoxy) is 4. The summed E-state index contributed by atoms with van der Waals surface area (Å²) in [5, 5.41) is 0. The summed E-state index contributed by atoms with van der Waals surface area (Å²) in [6, 6.07) is 14.7. The summed E-state index contributed by atoms with van der Waals surface area (Å²) < 4.78 is 22.5. The van der Waals surface area contributed by atoms with Crippen molar-refractivity contribution in [3.05, 3.63) is 76.9 Å². The Morgan fingerprint density at radius 1 is 0.812 bits per heavy atom. The first-order chi connectivity index (χ1) is 15.3. The van der Waals surface area contributed by atoms with Gasteiger partial charge in [0.25, 0.3) is 0 Å². The van der Waals surface area contributed by atoms with Crippen LogP contribution in [-0.2, 0) is 19.9 Å². The molecule has 0 aliphatic carbocycles. The molecule has 2 N–H and O–H groups in total.